The molecular weight excluding hydrogens is 350 g/mol. The number of fused-ring (bicyclic) bond motifs is 1. The summed E-state index contributed by atoms with van der Waals surface area (Å²) in [6.07, 6.45) is 0. The van der Waals surface area contributed by atoms with E-state index in [2.05, 4.69) is 0 Å². The second-order valence-corrected chi connectivity index (χ2v) is 7.91. The number of hydrogen-bond acceptors (Lipinski definition) is 3. The fourth-order valence-corrected chi connectivity index (χ4v) is 3.21. The van der Waals surface area contributed by atoms with Gasteiger partial charge in [0, 0.05) is 21.8 Å². The van der Waals surface area contributed by atoms with Crippen LogP contribution in [0.4, 0.5) is 5.69 Å². The van der Waals surface area contributed by atoms with Crippen molar-refractivity contribution in [3.8, 4) is 0 Å². The largest absolute Gasteiger partial charge is 0.460 e. The Morgan fingerprint density at radius 3 is 2.38 bits per heavy atom. The Morgan fingerprint density at radius 1 is 1.15 bits per heavy atom. The summed E-state index contributed by atoms with van der Waals surface area (Å²) in [6.45, 7) is 7.82. The predicted octanol–water partition coefficient (Wildman–Crippen LogP) is 4.95. The smallest absolute Gasteiger partial charge is 0.313 e. The van der Waals surface area contributed by atoms with Crippen LogP contribution in [0.5, 0.6) is 0 Å². The molecular formula is C21H22ClNO3. The van der Waals surface area contributed by atoms with Crippen molar-refractivity contribution in [2.75, 3.05) is 4.90 Å². The molecule has 0 aromatic heterocycles. The van der Waals surface area contributed by atoms with Crippen molar-refractivity contribution in [3.63, 3.8) is 0 Å². The molecule has 3 rings (SSSR count). The summed E-state index contributed by atoms with van der Waals surface area (Å²) in [6, 6.07) is 12.8. The van der Waals surface area contributed by atoms with Crippen molar-refractivity contribution in [3.05, 3.63) is 64.2 Å². The second kappa shape index (κ2) is 6.76. The zero-order chi connectivity index (χ0) is 19.1. The number of esters is 1. The lowest BCUT2D eigenvalue weighted by molar-refractivity contribution is -0.156. The van der Waals surface area contributed by atoms with Crippen LogP contribution in [0.3, 0.4) is 0 Å². The molecule has 0 saturated carbocycles. The minimum atomic E-state index is -0.516. The number of nitrogens with zero attached hydrogens (tertiary/aromatic N) is 1. The third kappa shape index (κ3) is 3.61. The Labute approximate surface area is 158 Å². The van der Waals surface area contributed by atoms with Crippen LogP contribution >= 0.6 is 11.6 Å². The van der Waals surface area contributed by atoms with Crippen LogP contribution in [0.25, 0.3) is 0 Å². The van der Waals surface area contributed by atoms with Crippen LogP contribution in [-0.4, -0.2) is 17.5 Å². The molecule has 1 unspecified atom stereocenters. The van der Waals surface area contributed by atoms with Crippen LogP contribution < -0.4 is 4.90 Å². The van der Waals surface area contributed by atoms with E-state index >= 15 is 0 Å². The maximum absolute atomic E-state index is 12.6. The van der Waals surface area contributed by atoms with E-state index in [0.29, 0.717) is 17.1 Å². The number of carbonyl (C=O) groups is 2. The first-order valence-electron chi connectivity index (χ1n) is 8.59. The van der Waals surface area contributed by atoms with E-state index < -0.39 is 5.60 Å². The van der Waals surface area contributed by atoms with E-state index in [0.717, 1.165) is 16.8 Å². The van der Waals surface area contributed by atoms with Gasteiger partial charge in [-0.3, -0.25) is 9.59 Å². The molecule has 1 aliphatic rings. The molecule has 136 valence electrons. The minimum absolute atomic E-state index is 0.0598. The van der Waals surface area contributed by atoms with Crippen LogP contribution in [0.15, 0.2) is 42.5 Å². The highest BCUT2D eigenvalue weighted by atomic mass is 35.5. The molecule has 0 bridgehead atoms. The van der Waals surface area contributed by atoms with Gasteiger partial charge < -0.3 is 9.64 Å². The summed E-state index contributed by atoms with van der Waals surface area (Å²) in [4.78, 5) is 26.6. The first-order valence-corrected chi connectivity index (χ1v) is 8.97. The van der Waals surface area contributed by atoms with E-state index in [1.807, 2.05) is 52.0 Å². The molecule has 0 fully saturated rings. The van der Waals surface area contributed by atoms with Crippen molar-refractivity contribution >= 4 is 29.2 Å². The Kier molecular flexibility index (Phi) is 4.80. The second-order valence-electron chi connectivity index (χ2n) is 7.50. The minimum Gasteiger partial charge on any atom is -0.460 e. The van der Waals surface area contributed by atoms with Crippen LogP contribution in [0.1, 0.15) is 55.1 Å². The molecule has 1 atom stereocenters. The number of carbonyl (C=O) groups excluding carboxylic acids is 2. The van der Waals surface area contributed by atoms with E-state index in [4.69, 9.17) is 16.3 Å². The SMILES string of the molecule is CC(C(=O)OC(C)(C)C)c1ccc(N2Cc3c(Cl)cccc3C2=O)cc1. The van der Waals surface area contributed by atoms with E-state index in [1.165, 1.54) is 0 Å². The highest BCUT2D eigenvalue weighted by molar-refractivity contribution is 6.32. The quantitative estimate of drug-likeness (QED) is 0.717. The Hall–Kier alpha value is -2.33. The van der Waals surface area contributed by atoms with Gasteiger partial charge in [0.25, 0.3) is 5.91 Å². The first-order chi connectivity index (χ1) is 12.2. The topological polar surface area (TPSA) is 46.6 Å². The molecule has 26 heavy (non-hydrogen) atoms. The van der Waals surface area contributed by atoms with E-state index in [1.54, 1.807) is 23.1 Å². The molecule has 2 aromatic rings. The molecule has 0 aliphatic carbocycles. The Bertz CT molecular complexity index is 853. The highest BCUT2D eigenvalue weighted by Crippen LogP contribution is 2.33. The van der Waals surface area contributed by atoms with Crippen molar-refractivity contribution in [2.24, 2.45) is 0 Å². The van der Waals surface area contributed by atoms with Crippen LogP contribution in [0, 0.1) is 0 Å². The van der Waals surface area contributed by atoms with Gasteiger partial charge in [-0.15, -0.1) is 0 Å². The van der Waals surface area contributed by atoms with Gasteiger partial charge in [-0.2, -0.15) is 0 Å². The van der Waals surface area contributed by atoms with Gasteiger partial charge >= 0.3 is 5.97 Å². The lowest BCUT2D eigenvalue weighted by atomic mass is 10.0. The molecule has 1 aliphatic heterocycles. The average Bonchev–Trinajstić information content (AvgIpc) is 2.91. The van der Waals surface area contributed by atoms with Crippen LogP contribution in [-0.2, 0) is 16.1 Å². The summed E-state index contributed by atoms with van der Waals surface area (Å²) < 4.78 is 5.44. The first kappa shape index (κ1) is 18.5. The molecule has 4 nitrogen and oxygen atoms in total. The van der Waals surface area contributed by atoms with Gasteiger partial charge in [-0.1, -0.05) is 29.8 Å². The Balaban J connectivity index is 1.78. The number of halogens is 1. The van der Waals surface area contributed by atoms with E-state index in [9.17, 15) is 9.59 Å². The van der Waals surface area contributed by atoms with E-state index in [-0.39, 0.29) is 17.8 Å². The van der Waals surface area contributed by atoms with Gasteiger partial charge in [-0.05, 0) is 57.5 Å². The summed E-state index contributed by atoms with van der Waals surface area (Å²) in [5, 5.41) is 0.605. The number of benzene rings is 2. The lowest BCUT2D eigenvalue weighted by Gasteiger charge is -2.23. The fourth-order valence-electron chi connectivity index (χ4n) is 2.97. The van der Waals surface area contributed by atoms with Gasteiger partial charge in [0.1, 0.15) is 5.60 Å². The normalized spacial score (nSPS) is 15.0. The molecule has 0 spiro atoms. The highest BCUT2D eigenvalue weighted by Gasteiger charge is 2.30. The van der Waals surface area contributed by atoms with Gasteiger partial charge in [0.05, 0.1) is 12.5 Å². The number of amides is 1. The zero-order valence-electron chi connectivity index (χ0n) is 15.4. The number of rotatable bonds is 3. The predicted molar refractivity (Wildman–Crippen MR) is 103 cm³/mol. The lowest BCUT2D eigenvalue weighted by Crippen LogP contribution is -2.27. The van der Waals surface area contributed by atoms with Gasteiger partial charge in [-0.25, -0.2) is 0 Å². The number of hydrogen-bond donors (Lipinski definition) is 0. The van der Waals surface area contributed by atoms with Crippen molar-refractivity contribution in [1.82, 2.24) is 0 Å². The van der Waals surface area contributed by atoms with Gasteiger partial charge in [0.2, 0.25) is 0 Å². The zero-order valence-corrected chi connectivity index (χ0v) is 16.1. The van der Waals surface area contributed by atoms with Crippen LogP contribution in [0.2, 0.25) is 5.02 Å². The molecule has 5 heteroatoms. The summed E-state index contributed by atoms with van der Waals surface area (Å²) >= 11 is 6.21. The van der Waals surface area contributed by atoms with Gasteiger partial charge in [0.15, 0.2) is 0 Å². The number of ether oxygens (including phenoxy) is 1. The third-order valence-corrected chi connectivity index (χ3v) is 4.73. The van der Waals surface area contributed by atoms with Crippen molar-refractivity contribution in [2.45, 2.75) is 45.8 Å². The molecule has 0 radical (unpaired) electrons. The maximum Gasteiger partial charge on any atom is 0.313 e. The Morgan fingerprint density at radius 2 is 1.81 bits per heavy atom. The average molecular weight is 372 g/mol. The summed E-state index contributed by atoms with van der Waals surface area (Å²) in [7, 11) is 0. The van der Waals surface area contributed by atoms with Crippen molar-refractivity contribution in [1.29, 1.82) is 0 Å². The molecule has 0 N–H and O–H groups in total. The standard InChI is InChI=1S/C21H22ClNO3/c1-13(20(25)26-21(2,3)4)14-8-10-15(11-9-14)23-12-17-16(19(23)24)6-5-7-18(17)22/h5-11,13H,12H2,1-4H3. The summed E-state index contributed by atoms with van der Waals surface area (Å²) in [5.74, 6) is -0.693. The maximum atomic E-state index is 12.6. The van der Waals surface area contributed by atoms with Crippen molar-refractivity contribution < 1.29 is 14.3 Å². The molecule has 1 heterocycles. The number of anilines is 1. The third-order valence-electron chi connectivity index (χ3n) is 4.38. The molecule has 0 saturated heterocycles. The molecule has 2 aromatic carbocycles. The summed E-state index contributed by atoms with van der Waals surface area (Å²) in [5.41, 5.74) is 2.61. The monoisotopic (exact) mass is 371 g/mol. The molecule has 1 amide bonds. The fraction of sp³-hybridized carbons (Fsp3) is 0.333.